The third-order valence-electron chi connectivity index (χ3n) is 3.30. The van der Waals surface area contributed by atoms with Crippen molar-refractivity contribution in [3.05, 3.63) is 54.2 Å². The highest BCUT2D eigenvalue weighted by Crippen LogP contribution is 2.22. The first-order valence-corrected chi connectivity index (χ1v) is 6.91. The van der Waals surface area contributed by atoms with Crippen LogP contribution in [0.3, 0.4) is 0 Å². The Balaban J connectivity index is 2.10. The molecule has 21 heavy (non-hydrogen) atoms. The van der Waals surface area contributed by atoms with Crippen molar-refractivity contribution in [3.63, 3.8) is 0 Å². The van der Waals surface area contributed by atoms with Gasteiger partial charge in [0.15, 0.2) is 0 Å². The highest BCUT2D eigenvalue weighted by molar-refractivity contribution is 5.60. The number of imidazole rings is 1. The smallest absolute Gasteiger partial charge is 0.145 e. The zero-order chi connectivity index (χ0) is 14.8. The van der Waals surface area contributed by atoms with E-state index in [1.165, 1.54) is 0 Å². The Morgan fingerprint density at radius 2 is 1.90 bits per heavy atom. The number of benzene rings is 1. The molecule has 0 spiro atoms. The molecule has 2 N–H and O–H groups in total. The van der Waals surface area contributed by atoms with Crippen LogP contribution in [0.5, 0.6) is 0 Å². The van der Waals surface area contributed by atoms with Crippen molar-refractivity contribution in [2.75, 3.05) is 5.73 Å². The summed E-state index contributed by atoms with van der Waals surface area (Å²) in [7, 11) is 0. The third-order valence-corrected chi connectivity index (χ3v) is 3.30. The lowest BCUT2D eigenvalue weighted by molar-refractivity contribution is 0.896. The molecule has 0 amide bonds. The van der Waals surface area contributed by atoms with E-state index < -0.39 is 0 Å². The molecule has 106 valence electrons. The van der Waals surface area contributed by atoms with Gasteiger partial charge in [-0.3, -0.25) is 4.57 Å². The molecule has 0 aliphatic rings. The molecule has 2 aromatic heterocycles. The van der Waals surface area contributed by atoms with Crippen molar-refractivity contribution < 1.29 is 0 Å². The molecule has 0 radical (unpaired) electrons. The molecular weight excluding hydrogens is 262 g/mol. The summed E-state index contributed by atoms with van der Waals surface area (Å²) < 4.78 is 1.97. The fourth-order valence-electron chi connectivity index (χ4n) is 2.25. The summed E-state index contributed by atoms with van der Waals surface area (Å²) in [5.41, 5.74) is 8.50. The summed E-state index contributed by atoms with van der Waals surface area (Å²) in [6.07, 6.45) is 4.56. The monoisotopic (exact) mass is 279 g/mol. The Kier molecular flexibility index (Phi) is 3.39. The summed E-state index contributed by atoms with van der Waals surface area (Å²) in [6.45, 7) is 3.99. The maximum atomic E-state index is 5.74. The van der Waals surface area contributed by atoms with Gasteiger partial charge in [0.1, 0.15) is 17.5 Å². The van der Waals surface area contributed by atoms with E-state index in [4.69, 9.17) is 5.73 Å². The maximum absolute atomic E-state index is 5.74. The Hall–Kier alpha value is -2.69. The minimum absolute atomic E-state index is 0.739. The molecule has 5 heteroatoms. The summed E-state index contributed by atoms with van der Waals surface area (Å²) in [4.78, 5) is 13.4. The van der Waals surface area contributed by atoms with Gasteiger partial charge in [-0.2, -0.15) is 0 Å². The molecular formula is C16H17N5. The standard InChI is InChI=1S/C16H17N5/c1-3-14-10-15(20-11(2)19-14)21-9-8-18-16(21)12-4-6-13(17)7-5-12/h4-10H,3,17H2,1-2H3. The zero-order valence-corrected chi connectivity index (χ0v) is 12.1. The predicted octanol–water partition coefficient (Wildman–Crippen LogP) is 2.78. The van der Waals surface area contributed by atoms with Crippen LogP contribution in [-0.2, 0) is 6.42 Å². The van der Waals surface area contributed by atoms with Gasteiger partial charge in [-0.1, -0.05) is 6.92 Å². The lowest BCUT2D eigenvalue weighted by atomic mass is 10.2. The van der Waals surface area contributed by atoms with E-state index in [2.05, 4.69) is 21.9 Å². The number of aromatic nitrogens is 4. The van der Waals surface area contributed by atoms with Gasteiger partial charge in [0, 0.05) is 35.4 Å². The molecule has 0 aliphatic carbocycles. The molecule has 0 saturated carbocycles. The first-order valence-electron chi connectivity index (χ1n) is 6.91. The molecule has 5 nitrogen and oxygen atoms in total. The minimum Gasteiger partial charge on any atom is -0.399 e. The lowest BCUT2D eigenvalue weighted by Crippen LogP contribution is -2.04. The van der Waals surface area contributed by atoms with Crippen molar-refractivity contribution in [1.82, 2.24) is 19.5 Å². The van der Waals surface area contributed by atoms with Gasteiger partial charge in [-0.25, -0.2) is 15.0 Å². The van der Waals surface area contributed by atoms with Crippen molar-refractivity contribution >= 4 is 5.69 Å². The maximum Gasteiger partial charge on any atom is 0.145 e. The fraction of sp³-hybridized carbons (Fsp3) is 0.188. The van der Waals surface area contributed by atoms with Crippen LogP contribution < -0.4 is 5.73 Å². The topological polar surface area (TPSA) is 69.6 Å². The molecule has 0 unspecified atom stereocenters. The van der Waals surface area contributed by atoms with Gasteiger partial charge in [0.2, 0.25) is 0 Å². The van der Waals surface area contributed by atoms with E-state index in [1.807, 2.05) is 48.0 Å². The Bertz CT molecular complexity index is 759. The average Bonchev–Trinajstić information content (AvgIpc) is 2.97. The van der Waals surface area contributed by atoms with Crippen LogP contribution in [0.25, 0.3) is 17.2 Å². The second kappa shape index (κ2) is 5.36. The molecule has 0 atom stereocenters. The highest BCUT2D eigenvalue weighted by atomic mass is 15.1. The zero-order valence-electron chi connectivity index (χ0n) is 12.1. The summed E-state index contributed by atoms with van der Waals surface area (Å²) in [5, 5.41) is 0. The number of anilines is 1. The van der Waals surface area contributed by atoms with Gasteiger partial charge >= 0.3 is 0 Å². The largest absolute Gasteiger partial charge is 0.399 e. The summed E-state index contributed by atoms with van der Waals surface area (Å²) in [5.74, 6) is 2.44. The van der Waals surface area contributed by atoms with Crippen molar-refractivity contribution in [2.24, 2.45) is 0 Å². The lowest BCUT2D eigenvalue weighted by Gasteiger charge is -2.09. The van der Waals surface area contributed by atoms with E-state index in [-0.39, 0.29) is 0 Å². The normalized spacial score (nSPS) is 10.8. The number of hydrogen-bond donors (Lipinski definition) is 1. The summed E-state index contributed by atoms with van der Waals surface area (Å²) in [6, 6.07) is 9.66. The van der Waals surface area contributed by atoms with E-state index >= 15 is 0 Å². The minimum atomic E-state index is 0.739. The summed E-state index contributed by atoms with van der Waals surface area (Å²) >= 11 is 0. The van der Waals surface area contributed by atoms with Crippen LogP contribution in [0.15, 0.2) is 42.7 Å². The first kappa shape index (κ1) is 13.3. The van der Waals surface area contributed by atoms with Crippen LogP contribution in [0, 0.1) is 6.92 Å². The van der Waals surface area contributed by atoms with Crippen molar-refractivity contribution in [3.8, 4) is 17.2 Å². The molecule has 0 fully saturated rings. The second-order valence-electron chi connectivity index (χ2n) is 4.86. The van der Waals surface area contributed by atoms with Crippen LogP contribution in [0.4, 0.5) is 5.69 Å². The van der Waals surface area contributed by atoms with Gasteiger partial charge in [-0.15, -0.1) is 0 Å². The predicted molar refractivity (Wildman–Crippen MR) is 83.1 cm³/mol. The molecule has 1 aromatic carbocycles. The number of nitrogens with two attached hydrogens (primary N) is 1. The molecule has 3 rings (SSSR count). The molecule has 0 saturated heterocycles. The van der Waals surface area contributed by atoms with E-state index in [0.717, 1.165) is 40.8 Å². The van der Waals surface area contributed by atoms with Crippen molar-refractivity contribution in [1.29, 1.82) is 0 Å². The number of rotatable bonds is 3. The Morgan fingerprint density at radius 1 is 1.14 bits per heavy atom. The molecule has 0 aliphatic heterocycles. The second-order valence-corrected chi connectivity index (χ2v) is 4.86. The number of nitrogen functional groups attached to an aromatic ring is 1. The molecule has 3 aromatic rings. The van der Waals surface area contributed by atoms with Crippen LogP contribution in [-0.4, -0.2) is 19.5 Å². The van der Waals surface area contributed by atoms with Gasteiger partial charge < -0.3 is 5.73 Å². The van der Waals surface area contributed by atoms with Crippen LogP contribution >= 0.6 is 0 Å². The van der Waals surface area contributed by atoms with Crippen molar-refractivity contribution in [2.45, 2.75) is 20.3 Å². The number of nitrogens with zero attached hydrogens (tertiary/aromatic N) is 4. The first-order chi connectivity index (χ1) is 10.2. The Morgan fingerprint density at radius 3 is 2.62 bits per heavy atom. The average molecular weight is 279 g/mol. The van der Waals surface area contributed by atoms with Gasteiger partial charge in [0.05, 0.1) is 0 Å². The van der Waals surface area contributed by atoms with Crippen LogP contribution in [0.2, 0.25) is 0 Å². The Labute approximate surface area is 123 Å². The van der Waals surface area contributed by atoms with Crippen LogP contribution in [0.1, 0.15) is 18.4 Å². The highest BCUT2D eigenvalue weighted by Gasteiger charge is 2.10. The number of hydrogen-bond acceptors (Lipinski definition) is 4. The van der Waals surface area contributed by atoms with E-state index in [1.54, 1.807) is 6.20 Å². The van der Waals surface area contributed by atoms with E-state index in [9.17, 15) is 0 Å². The fourth-order valence-corrected chi connectivity index (χ4v) is 2.25. The van der Waals surface area contributed by atoms with Gasteiger partial charge in [0.25, 0.3) is 0 Å². The van der Waals surface area contributed by atoms with E-state index in [0.29, 0.717) is 0 Å². The quantitative estimate of drug-likeness (QED) is 0.748. The third kappa shape index (κ3) is 2.63. The van der Waals surface area contributed by atoms with Gasteiger partial charge in [-0.05, 0) is 37.6 Å². The SMILES string of the molecule is CCc1cc(-n2ccnc2-c2ccc(N)cc2)nc(C)n1. The molecule has 2 heterocycles. The number of aryl methyl sites for hydroxylation is 2. The molecule has 0 bridgehead atoms.